The highest BCUT2D eigenvalue weighted by atomic mass is 32.1. The number of thiophene rings is 1. The van der Waals surface area contributed by atoms with E-state index in [1.54, 1.807) is 0 Å². The van der Waals surface area contributed by atoms with Gasteiger partial charge in [-0.2, -0.15) is 13.2 Å². The van der Waals surface area contributed by atoms with Crippen LogP contribution in [-0.4, -0.2) is 20.5 Å². The largest absolute Gasteiger partial charge is 0.417 e. The summed E-state index contributed by atoms with van der Waals surface area (Å²) in [5.74, 6) is 0.0184. The minimum absolute atomic E-state index is 0.00385. The second kappa shape index (κ2) is 7.54. The van der Waals surface area contributed by atoms with Crippen LogP contribution in [0.15, 0.2) is 24.4 Å². The van der Waals surface area contributed by atoms with Crippen LogP contribution < -0.4 is 5.32 Å². The highest BCUT2D eigenvalue weighted by Crippen LogP contribution is 2.30. The molecule has 4 rings (SSSR count). The van der Waals surface area contributed by atoms with E-state index in [4.69, 9.17) is 0 Å². The molecule has 0 saturated heterocycles. The molecule has 0 fully saturated rings. The molecule has 0 saturated carbocycles. The van der Waals surface area contributed by atoms with E-state index in [1.165, 1.54) is 45.1 Å². The highest BCUT2D eigenvalue weighted by Gasteiger charge is 2.31. The third kappa shape index (κ3) is 3.89. The Balaban J connectivity index is 1.50. The van der Waals surface area contributed by atoms with Crippen molar-refractivity contribution < 1.29 is 18.0 Å². The first-order valence-electron chi connectivity index (χ1n) is 9.22. The maximum atomic E-state index is 12.9. The number of pyridine rings is 1. The van der Waals surface area contributed by atoms with Crippen LogP contribution in [0, 0.1) is 0 Å². The number of halogens is 3. The minimum atomic E-state index is -4.45. The number of aryl methyl sites for hydroxylation is 2. The van der Waals surface area contributed by atoms with Crippen molar-refractivity contribution >= 4 is 22.9 Å². The molecule has 9 heteroatoms. The van der Waals surface area contributed by atoms with Crippen molar-refractivity contribution in [2.24, 2.45) is 0 Å². The molecule has 0 radical (unpaired) electrons. The lowest BCUT2D eigenvalue weighted by atomic mass is 10.00. The van der Waals surface area contributed by atoms with Crippen molar-refractivity contribution in [3.05, 3.63) is 51.1 Å². The lowest BCUT2D eigenvalue weighted by Crippen LogP contribution is -2.23. The molecule has 1 aliphatic carbocycles. The third-order valence-corrected chi connectivity index (χ3v) is 6.16. The summed E-state index contributed by atoms with van der Waals surface area (Å²) in [7, 11) is 0. The quantitative estimate of drug-likeness (QED) is 0.699. The Morgan fingerprint density at radius 1 is 1.14 bits per heavy atom. The summed E-state index contributed by atoms with van der Waals surface area (Å²) in [6, 6.07) is 4.18. The molecule has 3 aromatic rings. The molecule has 0 atom stereocenters. The molecular weight excluding hydrogens is 389 g/mol. The van der Waals surface area contributed by atoms with Crippen molar-refractivity contribution in [1.29, 1.82) is 0 Å². The van der Waals surface area contributed by atoms with Crippen LogP contribution in [0.5, 0.6) is 0 Å². The Morgan fingerprint density at radius 2 is 1.93 bits per heavy atom. The summed E-state index contributed by atoms with van der Waals surface area (Å²) in [5, 5.41) is 10.5. The molecule has 3 heterocycles. The van der Waals surface area contributed by atoms with E-state index in [1.807, 2.05) is 6.07 Å². The van der Waals surface area contributed by atoms with Crippen molar-refractivity contribution in [1.82, 2.24) is 19.9 Å². The van der Waals surface area contributed by atoms with Gasteiger partial charge in [0.2, 0.25) is 0 Å². The number of nitrogens with one attached hydrogen (secondary N) is 1. The fraction of sp³-hybridized carbons (Fsp3) is 0.421. The van der Waals surface area contributed by atoms with E-state index < -0.39 is 11.7 Å². The van der Waals surface area contributed by atoms with E-state index in [0.717, 1.165) is 37.9 Å². The van der Waals surface area contributed by atoms with Gasteiger partial charge >= 0.3 is 6.18 Å². The predicted molar refractivity (Wildman–Crippen MR) is 99.4 cm³/mol. The van der Waals surface area contributed by atoms with Crippen LogP contribution in [0.3, 0.4) is 0 Å². The molecule has 1 aliphatic rings. The number of carbonyl (C=O) groups is 1. The lowest BCUT2D eigenvalue weighted by molar-refractivity contribution is -0.137. The number of rotatable bonds is 3. The van der Waals surface area contributed by atoms with Gasteiger partial charge in [-0.3, -0.25) is 9.20 Å². The standard InChI is InChI=1S/C19H19F3N4OS/c20-19(21,22)13-7-8-16-24-25-17(26(16)11-13)10-23-18(27)15-9-12-5-3-1-2-4-6-14(12)28-15/h7-9,11H,1-6,10H2,(H,23,27). The third-order valence-electron chi connectivity index (χ3n) is 4.93. The molecule has 1 amide bonds. The summed E-state index contributed by atoms with van der Waals surface area (Å²) in [6.45, 7) is 0.00385. The van der Waals surface area contributed by atoms with E-state index in [0.29, 0.717) is 10.5 Å². The van der Waals surface area contributed by atoms with Crippen LogP contribution in [-0.2, 0) is 25.6 Å². The molecule has 0 bridgehead atoms. The zero-order valence-electron chi connectivity index (χ0n) is 15.1. The van der Waals surface area contributed by atoms with Crippen LogP contribution >= 0.6 is 11.3 Å². The number of carbonyl (C=O) groups excluding carboxylic acids is 1. The maximum absolute atomic E-state index is 12.9. The Labute approximate surface area is 163 Å². The average molecular weight is 408 g/mol. The Morgan fingerprint density at radius 3 is 2.71 bits per heavy atom. The second-order valence-electron chi connectivity index (χ2n) is 6.92. The summed E-state index contributed by atoms with van der Waals surface area (Å²) >= 11 is 1.51. The summed E-state index contributed by atoms with van der Waals surface area (Å²) < 4.78 is 40.1. The van der Waals surface area contributed by atoms with Crippen LogP contribution in [0.1, 0.15) is 57.2 Å². The smallest absolute Gasteiger partial charge is 0.344 e. The molecule has 0 spiro atoms. The zero-order chi connectivity index (χ0) is 19.7. The fourth-order valence-electron chi connectivity index (χ4n) is 3.43. The Hall–Kier alpha value is -2.42. The number of fused-ring (bicyclic) bond motifs is 2. The number of hydrogen-bond donors (Lipinski definition) is 1. The number of aromatic nitrogens is 3. The van der Waals surface area contributed by atoms with Crippen molar-refractivity contribution in [2.75, 3.05) is 0 Å². The van der Waals surface area contributed by atoms with Crippen molar-refractivity contribution in [3.8, 4) is 0 Å². The van der Waals surface area contributed by atoms with Gasteiger partial charge in [0.1, 0.15) is 0 Å². The molecule has 1 N–H and O–H groups in total. The first kappa shape index (κ1) is 18.9. The minimum Gasteiger partial charge on any atom is -0.344 e. The Bertz CT molecular complexity index is 983. The monoisotopic (exact) mass is 408 g/mol. The summed E-state index contributed by atoms with van der Waals surface area (Å²) in [5.41, 5.74) is 0.763. The van der Waals surface area contributed by atoms with Gasteiger partial charge < -0.3 is 5.32 Å². The van der Waals surface area contributed by atoms with Crippen LogP contribution in [0.4, 0.5) is 13.2 Å². The van der Waals surface area contributed by atoms with Gasteiger partial charge in [0.05, 0.1) is 17.0 Å². The molecule has 28 heavy (non-hydrogen) atoms. The summed E-state index contributed by atoms with van der Waals surface area (Å²) in [6.07, 6.45) is 3.21. The second-order valence-corrected chi connectivity index (χ2v) is 8.05. The summed E-state index contributed by atoms with van der Waals surface area (Å²) in [4.78, 5) is 14.5. The predicted octanol–water partition coefficient (Wildman–Crippen LogP) is 4.40. The SMILES string of the molecule is O=C(NCc1nnc2ccc(C(F)(F)F)cn12)c1cc2c(s1)CCCCCC2. The van der Waals surface area contributed by atoms with E-state index in [9.17, 15) is 18.0 Å². The van der Waals surface area contributed by atoms with E-state index in [-0.39, 0.29) is 18.3 Å². The first-order valence-corrected chi connectivity index (χ1v) is 10.0. The van der Waals surface area contributed by atoms with E-state index in [2.05, 4.69) is 15.5 Å². The van der Waals surface area contributed by atoms with Gasteiger partial charge in [0, 0.05) is 11.1 Å². The lowest BCUT2D eigenvalue weighted by Gasteiger charge is -2.07. The number of amides is 1. The van der Waals surface area contributed by atoms with Gasteiger partial charge in [-0.1, -0.05) is 12.8 Å². The highest BCUT2D eigenvalue weighted by molar-refractivity contribution is 7.14. The number of alkyl halides is 3. The molecule has 0 aliphatic heterocycles. The average Bonchev–Trinajstić information content (AvgIpc) is 3.22. The van der Waals surface area contributed by atoms with Crippen molar-refractivity contribution in [2.45, 2.75) is 51.2 Å². The van der Waals surface area contributed by atoms with E-state index >= 15 is 0 Å². The van der Waals surface area contributed by atoms with Gasteiger partial charge in [0.25, 0.3) is 5.91 Å². The molecule has 148 valence electrons. The molecular formula is C19H19F3N4OS. The maximum Gasteiger partial charge on any atom is 0.417 e. The van der Waals surface area contributed by atoms with Gasteiger partial charge in [-0.05, 0) is 49.4 Å². The van der Waals surface area contributed by atoms with Gasteiger partial charge in [0.15, 0.2) is 11.5 Å². The zero-order valence-corrected chi connectivity index (χ0v) is 15.9. The van der Waals surface area contributed by atoms with Gasteiger partial charge in [-0.15, -0.1) is 21.5 Å². The van der Waals surface area contributed by atoms with Crippen LogP contribution in [0.2, 0.25) is 0 Å². The van der Waals surface area contributed by atoms with Crippen LogP contribution in [0.25, 0.3) is 5.65 Å². The molecule has 5 nitrogen and oxygen atoms in total. The van der Waals surface area contributed by atoms with Crippen molar-refractivity contribution in [3.63, 3.8) is 0 Å². The fourth-order valence-corrected chi connectivity index (χ4v) is 4.60. The molecule has 0 aromatic carbocycles. The first-order chi connectivity index (χ1) is 13.4. The molecule has 3 aromatic heterocycles. The van der Waals surface area contributed by atoms with Gasteiger partial charge in [-0.25, -0.2) is 0 Å². The Kier molecular flexibility index (Phi) is 5.09. The molecule has 0 unspecified atom stereocenters. The topological polar surface area (TPSA) is 59.3 Å². The normalized spacial score (nSPS) is 15.1. The number of hydrogen-bond acceptors (Lipinski definition) is 4. The number of nitrogens with zero attached hydrogens (tertiary/aromatic N) is 3.